The van der Waals surface area contributed by atoms with E-state index in [1.54, 1.807) is 25.3 Å². The molecule has 0 atom stereocenters. The Hall–Kier alpha value is -1.96. The van der Waals surface area contributed by atoms with Crippen molar-refractivity contribution in [2.24, 2.45) is 0 Å². The van der Waals surface area contributed by atoms with E-state index in [0.29, 0.717) is 17.1 Å². The first kappa shape index (κ1) is 19.4. The van der Waals surface area contributed by atoms with E-state index in [-0.39, 0.29) is 23.9 Å². The molecule has 2 aromatic rings. The van der Waals surface area contributed by atoms with Gasteiger partial charge < -0.3 is 4.90 Å². The van der Waals surface area contributed by atoms with Gasteiger partial charge in [0.15, 0.2) is 0 Å². The quantitative estimate of drug-likeness (QED) is 0.798. The van der Waals surface area contributed by atoms with Gasteiger partial charge in [0, 0.05) is 31.2 Å². The van der Waals surface area contributed by atoms with E-state index in [2.05, 4.69) is 9.71 Å². The van der Waals surface area contributed by atoms with Crippen LogP contribution in [0.3, 0.4) is 0 Å². The maximum absolute atomic E-state index is 12.3. The van der Waals surface area contributed by atoms with E-state index in [0.717, 1.165) is 5.69 Å². The highest BCUT2D eigenvalue weighted by Crippen LogP contribution is 2.19. The highest BCUT2D eigenvalue weighted by atomic mass is 35.5. The van der Waals surface area contributed by atoms with Gasteiger partial charge in [0.1, 0.15) is 0 Å². The van der Waals surface area contributed by atoms with Gasteiger partial charge in [-0.15, -0.1) is 0 Å². The SMILES string of the molecule is CC(=O)N(CCNS(=O)(=O)c1ccc(Cl)c(C)c1)Cc1ccccn1. The number of aryl methyl sites for hydroxylation is 1. The van der Waals surface area contributed by atoms with Crippen LogP contribution in [0.1, 0.15) is 18.2 Å². The van der Waals surface area contributed by atoms with E-state index >= 15 is 0 Å². The lowest BCUT2D eigenvalue weighted by atomic mass is 10.2. The molecule has 1 aromatic carbocycles. The lowest BCUT2D eigenvalue weighted by Gasteiger charge is -2.21. The number of carbonyl (C=O) groups excluding carboxylic acids is 1. The largest absolute Gasteiger partial charge is 0.336 e. The van der Waals surface area contributed by atoms with Gasteiger partial charge in [-0.1, -0.05) is 17.7 Å². The van der Waals surface area contributed by atoms with Crippen LogP contribution < -0.4 is 4.72 Å². The van der Waals surface area contributed by atoms with Gasteiger partial charge in [0.05, 0.1) is 17.1 Å². The second-order valence-electron chi connectivity index (χ2n) is 5.57. The number of amides is 1. The van der Waals surface area contributed by atoms with Gasteiger partial charge in [-0.25, -0.2) is 13.1 Å². The average molecular weight is 382 g/mol. The summed E-state index contributed by atoms with van der Waals surface area (Å²) < 4.78 is 27.2. The summed E-state index contributed by atoms with van der Waals surface area (Å²) in [5.41, 5.74) is 1.43. The fourth-order valence-electron chi connectivity index (χ4n) is 2.22. The highest BCUT2D eigenvalue weighted by molar-refractivity contribution is 7.89. The number of carbonyl (C=O) groups is 1. The van der Waals surface area contributed by atoms with Crippen molar-refractivity contribution in [2.45, 2.75) is 25.3 Å². The van der Waals surface area contributed by atoms with E-state index in [1.165, 1.54) is 24.0 Å². The van der Waals surface area contributed by atoms with Crippen LogP contribution in [0.5, 0.6) is 0 Å². The molecule has 1 N–H and O–H groups in total. The molecule has 0 aliphatic rings. The average Bonchev–Trinajstić information content (AvgIpc) is 2.57. The maximum Gasteiger partial charge on any atom is 0.240 e. The smallest absolute Gasteiger partial charge is 0.240 e. The molecule has 8 heteroatoms. The van der Waals surface area contributed by atoms with Crippen molar-refractivity contribution in [3.05, 3.63) is 58.9 Å². The Kier molecular flexibility index (Phi) is 6.52. The van der Waals surface area contributed by atoms with Crippen molar-refractivity contribution >= 4 is 27.5 Å². The zero-order valence-electron chi connectivity index (χ0n) is 14.1. The molecule has 0 bridgehead atoms. The Morgan fingerprint density at radius 1 is 1.28 bits per heavy atom. The van der Waals surface area contributed by atoms with Gasteiger partial charge >= 0.3 is 0 Å². The molecule has 134 valence electrons. The molecule has 0 saturated heterocycles. The summed E-state index contributed by atoms with van der Waals surface area (Å²) >= 11 is 5.92. The Labute approximate surface area is 152 Å². The number of hydrogen-bond acceptors (Lipinski definition) is 4. The fourth-order valence-corrected chi connectivity index (χ4v) is 3.44. The number of rotatable bonds is 7. The zero-order chi connectivity index (χ0) is 18.4. The topological polar surface area (TPSA) is 79.4 Å². The minimum atomic E-state index is -3.66. The van der Waals surface area contributed by atoms with E-state index in [9.17, 15) is 13.2 Å². The summed E-state index contributed by atoms with van der Waals surface area (Å²) in [6, 6.07) is 9.97. The van der Waals surface area contributed by atoms with Crippen LogP contribution in [-0.2, 0) is 21.4 Å². The van der Waals surface area contributed by atoms with Crippen molar-refractivity contribution in [3.8, 4) is 0 Å². The second-order valence-corrected chi connectivity index (χ2v) is 7.74. The first-order valence-corrected chi connectivity index (χ1v) is 9.57. The summed E-state index contributed by atoms with van der Waals surface area (Å²) in [6.07, 6.45) is 1.65. The number of nitrogens with zero attached hydrogens (tertiary/aromatic N) is 2. The minimum Gasteiger partial charge on any atom is -0.336 e. The third kappa shape index (κ3) is 5.52. The van der Waals surface area contributed by atoms with Crippen molar-refractivity contribution in [3.63, 3.8) is 0 Å². The van der Waals surface area contributed by atoms with E-state index in [1.807, 2.05) is 12.1 Å². The van der Waals surface area contributed by atoms with Gasteiger partial charge in [-0.3, -0.25) is 9.78 Å². The van der Waals surface area contributed by atoms with Crippen LogP contribution in [-0.4, -0.2) is 37.3 Å². The predicted octanol–water partition coefficient (Wildman–Crippen LogP) is 2.37. The molecule has 1 amide bonds. The van der Waals surface area contributed by atoms with E-state index in [4.69, 9.17) is 11.6 Å². The zero-order valence-corrected chi connectivity index (χ0v) is 15.6. The number of halogens is 1. The summed E-state index contributed by atoms with van der Waals surface area (Å²) in [5, 5.41) is 0.511. The molecular weight excluding hydrogens is 362 g/mol. The third-order valence-electron chi connectivity index (χ3n) is 3.64. The summed E-state index contributed by atoms with van der Waals surface area (Å²) in [4.78, 5) is 17.6. The van der Waals surface area contributed by atoms with Crippen LogP contribution in [0.15, 0.2) is 47.5 Å². The van der Waals surface area contributed by atoms with Crippen LogP contribution in [0, 0.1) is 6.92 Å². The number of nitrogens with one attached hydrogen (secondary N) is 1. The number of benzene rings is 1. The van der Waals surface area contributed by atoms with Crippen molar-refractivity contribution in [1.82, 2.24) is 14.6 Å². The molecule has 0 aliphatic carbocycles. The fraction of sp³-hybridized carbons (Fsp3) is 0.294. The van der Waals surface area contributed by atoms with Crippen molar-refractivity contribution < 1.29 is 13.2 Å². The second kappa shape index (κ2) is 8.42. The first-order chi connectivity index (χ1) is 11.8. The molecule has 25 heavy (non-hydrogen) atoms. The molecular formula is C17H20ClN3O3S. The number of pyridine rings is 1. The molecule has 1 aromatic heterocycles. The maximum atomic E-state index is 12.3. The van der Waals surface area contributed by atoms with Crippen molar-refractivity contribution in [2.75, 3.05) is 13.1 Å². The predicted molar refractivity (Wildman–Crippen MR) is 96.7 cm³/mol. The monoisotopic (exact) mass is 381 g/mol. The van der Waals surface area contributed by atoms with Crippen molar-refractivity contribution in [1.29, 1.82) is 0 Å². The van der Waals surface area contributed by atoms with Crippen LogP contribution >= 0.6 is 11.6 Å². The summed E-state index contributed by atoms with van der Waals surface area (Å²) in [5.74, 6) is -0.146. The molecule has 0 spiro atoms. The van der Waals surface area contributed by atoms with Crippen LogP contribution in [0.4, 0.5) is 0 Å². The van der Waals surface area contributed by atoms with E-state index < -0.39 is 10.0 Å². The standard InChI is InChI=1S/C17H20ClN3O3S/c1-13-11-16(6-7-17(13)18)25(23,24)20-9-10-21(14(2)22)12-15-5-3-4-8-19-15/h3-8,11,20H,9-10,12H2,1-2H3. The lowest BCUT2D eigenvalue weighted by molar-refractivity contribution is -0.129. The molecule has 0 radical (unpaired) electrons. The summed E-state index contributed by atoms with van der Waals surface area (Å²) in [7, 11) is -3.66. The molecule has 1 heterocycles. The Morgan fingerprint density at radius 2 is 2.04 bits per heavy atom. The molecule has 0 unspecified atom stereocenters. The molecule has 0 saturated carbocycles. The molecule has 0 fully saturated rings. The van der Waals surface area contributed by atoms with Gasteiger partial charge in [0.2, 0.25) is 15.9 Å². The van der Waals surface area contributed by atoms with Gasteiger partial charge in [0.25, 0.3) is 0 Å². The highest BCUT2D eigenvalue weighted by Gasteiger charge is 2.16. The Morgan fingerprint density at radius 3 is 2.64 bits per heavy atom. The minimum absolute atomic E-state index is 0.108. The lowest BCUT2D eigenvalue weighted by Crippen LogP contribution is -2.37. The third-order valence-corrected chi connectivity index (χ3v) is 5.52. The van der Waals surface area contributed by atoms with Gasteiger partial charge in [-0.2, -0.15) is 0 Å². The van der Waals surface area contributed by atoms with Crippen LogP contribution in [0.2, 0.25) is 5.02 Å². The number of hydrogen-bond donors (Lipinski definition) is 1. The molecule has 0 aliphatic heterocycles. The molecule has 2 rings (SSSR count). The Bertz CT molecular complexity index is 841. The summed E-state index contributed by atoms with van der Waals surface area (Å²) in [6.45, 7) is 3.87. The first-order valence-electron chi connectivity index (χ1n) is 7.71. The molecule has 6 nitrogen and oxygen atoms in total. The number of aromatic nitrogens is 1. The van der Waals surface area contributed by atoms with Gasteiger partial charge in [-0.05, 0) is 42.8 Å². The Balaban J connectivity index is 1.98. The van der Waals surface area contributed by atoms with Crippen LogP contribution in [0.25, 0.3) is 0 Å². The normalized spacial score (nSPS) is 11.3. The number of sulfonamides is 1.